The van der Waals surface area contributed by atoms with Gasteiger partial charge in [0.25, 0.3) is 0 Å². The molecule has 2 atom stereocenters. The van der Waals surface area contributed by atoms with Gasteiger partial charge in [0.2, 0.25) is 0 Å². The number of rotatable bonds is 3. The molecule has 3 nitrogen and oxygen atoms in total. The highest BCUT2D eigenvalue weighted by atomic mass is 16.5. The molecule has 100 valence electrons. The predicted molar refractivity (Wildman–Crippen MR) is 75.2 cm³/mol. The van der Waals surface area contributed by atoms with Gasteiger partial charge in [-0.3, -0.25) is 4.90 Å². The predicted octanol–water partition coefficient (Wildman–Crippen LogP) is 2.36. The highest BCUT2D eigenvalue weighted by Crippen LogP contribution is 2.30. The number of nitrogens with zero attached hydrogens (tertiary/aromatic N) is 1. The molecule has 18 heavy (non-hydrogen) atoms. The largest absolute Gasteiger partial charge is 0.496 e. The monoisotopic (exact) mass is 248 g/mol. The van der Waals surface area contributed by atoms with Crippen molar-refractivity contribution >= 4 is 0 Å². The normalized spacial score (nSPS) is 22.8. The summed E-state index contributed by atoms with van der Waals surface area (Å²) in [4.78, 5) is 2.53. The van der Waals surface area contributed by atoms with E-state index in [2.05, 4.69) is 49.2 Å². The maximum absolute atomic E-state index is 5.50. The smallest absolute Gasteiger partial charge is 0.123 e. The van der Waals surface area contributed by atoms with Crippen molar-refractivity contribution in [3.8, 4) is 5.75 Å². The summed E-state index contributed by atoms with van der Waals surface area (Å²) in [7, 11) is 1.75. The molecule has 0 aliphatic carbocycles. The van der Waals surface area contributed by atoms with Crippen LogP contribution in [0.5, 0.6) is 5.75 Å². The molecule has 1 heterocycles. The topological polar surface area (TPSA) is 24.5 Å². The van der Waals surface area contributed by atoms with Gasteiger partial charge in [0.05, 0.1) is 7.11 Å². The van der Waals surface area contributed by atoms with Gasteiger partial charge in [0.15, 0.2) is 0 Å². The van der Waals surface area contributed by atoms with Crippen LogP contribution in [0.25, 0.3) is 0 Å². The Morgan fingerprint density at radius 2 is 2.22 bits per heavy atom. The molecule has 1 aromatic rings. The third-order valence-corrected chi connectivity index (χ3v) is 3.78. The van der Waals surface area contributed by atoms with E-state index in [0.29, 0.717) is 12.1 Å². The average molecular weight is 248 g/mol. The highest BCUT2D eigenvalue weighted by molar-refractivity contribution is 5.39. The number of hydrogen-bond acceptors (Lipinski definition) is 3. The molecule has 1 N–H and O–H groups in total. The van der Waals surface area contributed by atoms with E-state index in [1.54, 1.807) is 7.11 Å². The second-order valence-corrected chi connectivity index (χ2v) is 5.27. The second kappa shape index (κ2) is 5.72. The first-order valence-corrected chi connectivity index (χ1v) is 6.73. The molecule has 3 heteroatoms. The Hall–Kier alpha value is -1.06. The molecule has 0 aromatic heterocycles. The summed E-state index contributed by atoms with van der Waals surface area (Å²) in [6, 6.07) is 7.40. The summed E-state index contributed by atoms with van der Waals surface area (Å²) in [5, 5.41) is 3.49. The first kappa shape index (κ1) is 13.4. The van der Waals surface area contributed by atoms with E-state index in [1.165, 1.54) is 11.1 Å². The third-order valence-electron chi connectivity index (χ3n) is 3.78. The Balaban J connectivity index is 2.21. The van der Waals surface area contributed by atoms with Crippen LogP contribution in [0.15, 0.2) is 18.2 Å². The molecular weight excluding hydrogens is 224 g/mol. The zero-order chi connectivity index (χ0) is 13.1. The minimum absolute atomic E-state index is 0.407. The van der Waals surface area contributed by atoms with E-state index in [-0.39, 0.29) is 0 Å². The minimum Gasteiger partial charge on any atom is -0.496 e. The molecule has 0 spiro atoms. The van der Waals surface area contributed by atoms with Crippen molar-refractivity contribution in [3.05, 3.63) is 29.3 Å². The highest BCUT2D eigenvalue weighted by Gasteiger charge is 2.23. The van der Waals surface area contributed by atoms with Gasteiger partial charge in [0.1, 0.15) is 5.75 Å². The molecule has 0 radical (unpaired) electrons. The Morgan fingerprint density at radius 1 is 1.44 bits per heavy atom. The van der Waals surface area contributed by atoms with Crippen molar-refractivity contribution in [2.75, 3.05) is 26.7 Å². The maximum atomic E-state index is 5.50. The fourth-order valence-electron chi connectivity index (χ4n) is 2.69. The van der Waals surface area contributed by atoms with E-state index in [4.69, 9.17) is 4.74 Å². The van der Waals surface area contributed by atoms with Gasteiger partial charge in [-0.05, 0) is 26.8 Å². The summed E-state index contributed by atoms with van der Waals surface area (Å²) >= 11 is 0. The van der Waals surface area contributed by atoms with Crippen LogP contribution in [-0.2, 0) is 0 Å². The van der Waals surface area contributed by atoms with Gasteiger partial charge in [-0.15, -0.1) is 0 Å². The number of hydrogen-bond donors (Lipinski definition) is 1. The molecule has 1 aromatic carbocycles. The number of piperazine rings is 1. The number of nitrogens with one attached hydrogen (secondary N) is 1. The maximum Gasteiger partial charge on any atom is 0.123 e. The van der Waals surface area contributed by atoms with E-state index < -0.39 is 0 Å². The summed E-state index contributed by atoms with van der Waals surface area (Å²) in [5.74, 6) is 0.999. The molecule has 0 bridgehead atoms. The van der Waals surface area contributed by atoms with E-state index in [9.17, 15) is 0 Å². The van der Waals surface area contributed by atoms with E-state index in [1.807, 2.05) is 0 Å². The minimum atomic E-state index is 0.407. The summed E-state index contributed by atoms with van der Waals surface area (Å²) in [6.45, 7) is 9.91. The van der Waals surface area contributed by atoms with Crippen molar-refractivity contribution in [2.24, 2.45) is 0 Å². The Bertz CT molecular complexity index is 405. The number of aryl methyl sites for hydroxylation is 1. The van der Waals surface area contributed by atoms with E-state index in [0.717, 1.165) is 25.4 Å². The molecule has 2 unspecified atom stereocenters. The second-order valence-electron chi connectivity index (χ2n) is 5.27. The molecule has 1 aliphatic rings. The molecule has 2 rings (SSSR count). The van der Waals surface area contributed by atoms with Crippen molar-refractivity contribution in [1.82, 2.24) is 10.2 Å². The van der Waals surface area contributed by atoms with Crippen molar-refractivity contribution in [3.63, 3.8) is 0 Å². The van der Waals surface area contributed by atoms with Gasteiger partial charge in [0, 0.05) is 37.3 Å². The SMILES string of the molecule is COc1ccc(C)cc1C(C)N1CCNC(C)C1. The first-order valence-electron chi connectivity index (χ1n) is 6.73. The van der Waals surface area contributed by atoms with Crippen LogP contribution < -0.4 is 10.1 Å². The Morgan fingerprint density at radius 3 is 2.89 bits per heavy atom. The Kier molecular flexibility index (Phi) is 4.25. The van der Waals surface area contributed by atoms with Gasteiger partial charge in [-0.25, -0.2) is 0 Å². The molecule has 0 amide bonds. The average Bonchev–Trinajstić information content (AvgIpc) is 2.38. The van der Waals surface area contributed by atoms with Crippen LogP contribution in [0.4, 0.5) is 0 Å². The van der Waals surface area contributed by atoms with Gasteiger partial charge in [-0.2, -0.15) is 0 Å². The zero-order valence-electron chi connectivity index (χ0n) is 11.9. The van der Waals surface area contributed by atoms with Gasteiger partial charge < -0.3 is 10.1 Å². The molecule has 1 fully saturated rings. The molecule has 0 saturated carbocycles. The fourth-order valence-corrected chi connectivity index (χ4v) is 2.69. The van der Waals surface area contributed by atoms with Crippen LogP contribution >= 0.6 is 0 Å². The lowest BCUT2D eigenvalue weighted by Gasteiger charge is -2.36. The molecular formula is C15H24N2O. The summed E-state index contributed by atoms with van der Waals surface area (Å²) in [6.07, 6.45) is 0. The van der Waals surface area contributed by atoms with Crippen LogP contribution in [0, 0.1) is 6.92 Å². The Labute approximate surface area is 110 Å². The van der Waals surface area contributed by atoms with Crippen LogP contribution in [0.1, 0.15) is 31.0 Å². The van der Waals surface area contributed by atoms with Crippen molar-refractivity contribution in [1.29, 1.82) is 0 Å². The van der Waals surface area contributed by atoms with Gasteiger partial charge >= 0.3 is 0 Å². The van der Waals surface area contributed by atoms with Crippen LogP contribution in [-0.4, -0.2) is 37.7 Å². The van der Waals surface area contributed by atoms with Crippen LogP contribution in [0.3, 0.4) is 0 Å². The zero-order valence-corrected chi connectivity index (χ0v) is 11.9. The molecule has 1 saturated heterocycles. The number of ether oxygens (including phenoxy) is 1. The summed E-state index contributed by atoms with van der Waals surface area (Å²) < 4.78 is 5.50. The lowest BCUT2D eigenvalue weighted by atomic mass is 10.0. The fraction of sp³-hybridized carbons (Fsp3) is 0.600. The number of benzene rings is 1. The standard InChI is InChI=1S/C15H24N2O/c1-11-5-6-15(18-4)14(9-11)13(3)17-8-7-16-12(2)10-17/h5-6,9,12-13,16H,7-8,10H2,1-4H3. The molecule has 1 aliphatic heterocycles. The quantitative estimate of drug-likeness (QED) is 0.888. The summed E-state index contributed by atoms with van der Waals surface area (Å²) in [5.41, 5.74) is 2.59. The van der Waals surface area contributed by atoms with Crippen molar-refractivity contribution < 1.29 is 4.74 Å². The first-order chi connectivity index (χ1) is 8.61. The van der Waals surface area contributed by atoms with Crippen molar-refractivity contribution in [2.45, 2.75) is 32.9 Å². The van der Waals surface area contributed by atoms with Crippen LogP contribution in [0.2, 0.25) is 0 Å². The third kappa shape index (κ3) is 2.85. The van der Waals surface area contributed by atoms with Gasteiger partial charge in [-0.1, -0.05) is 17.7 Å². The number of methoxy groups -OCH3 is 1. The lowest BCUT2D eigenvalue weighted by molar-refractivity contribution is 0.156. The van der Waals surface area contributed by atoms with E-state index >= 15 is 0 Å². The lowest BCUT2D eigenvalue weighted by Crippen LogP contribution is -2.49.